The summed E-state index contributed by atoms with van der Waals surface area (Å²) in [6.07, 6.45) is 0. The number of para-hydroxylation sites is 2. The maximum Gasteiger partial charge on any atom is 0.264 e. The van der Waals surface area contributed by atoms with Crippen LogP contribution in [0.4, 0.5) is 0 Å². The Hall–Kier alpha value is -1.66. The summed E-state index contributed by atoms with van der Waals surface area (Å²) in [5.74, 6) is 0.791. The van der Waals surface area contributed by atoms with Gasteiger partial charge in [-0.15, -0.1) is 11.3 Å². The van der Waals surface area contributed by atoms with Crippen LogP contribution >= 0.6 is 27.3 Å². The molecule has 1 aromatic carbocycles. The van der Waals surface area contributed by atoms with Gasteiger partial charge in [0.25, 0.3) is 5.91 Å². The molecule has 6 heteroatoms. The van der Waals surface area contributed by atoms with Gasteiger partial charge in [0.15, 0.2) is 0 Å². The highest BCUT2D eigenvalue weighted by Crippen LogP contribution is 2.23. The third-order valence-electron chi connectivity index (χ3n) is 2.96. The van der Waals surface area contributed by atoms with Crippen LogP contribution in [0.1, 0.15) is 15.5 Å². The summed E-state index contributed by atoms with van der Waals surface area (Å²) in [5, 5.41) is 0. The summed E-state index contributed by atoms with van der Waals surface area (Å²) in [7, 11) is 1.78. The molecule has 0 aliphatic heterocycles. The molecule has 2 aromatic heterocycles. The van der Waals surface area contributed by atoms with E-state index in [2.05, 4.69) is 25.9 Å². The smallest absolute Gasteiger partial charge is 0.264 e. The molecule has 1 amide bonds. The average Bonchev–Trinajstić information content (AvgIpc) is 3.03. The van der Waals surface area contributed by atoms with E-state index in [1.165, 1.54) is 11.3 Å². The van der Waals surface area contributed by atoms with E-state index in [0.717, 1.165) is 25.5 Å². The number of H-pyrrole nitrogens is 1. The molecule has 0 aliphatic rings. The predicted molar refractivity (Wildman–Crippen MR) is 83.9 cm³/mol. The van der Waals surface area contributed by atoms with Gasteiger partial charge in [-0.1, -0.05) is 12.1 Å². The van der Waals surface area contributed by atoms with E-state index in [1.807, 2.05) is 36.4 Å². The number of nitrogens with one attached hydrogen (secondary N) is 1. The van der Waals surface area contributed by atoms with Crippen molar-refractivity contribution in [2.75, 3.05) is 7.05 Å². The van der Waals surface area contributed by atoms with Crippen LogP contribution in [0.3, 0.4) is 0 Å². The van der Waals surface area contributed by atoms with Crippen molar-refractivity contribution in [2.24, 2.45) is 0 Å². The summed E-state index contributed by atoms with van der Waals surface area (Å²) in [6.45, 7) is 0.461. The fourth-order valence-corrected chi connectivity index (χ4v) is 3.38. The molecule has 0 unspecified atom stereocenters. The van der Waals surface area contributed by atoms with Gasteiger partial charge in [0.05, 0.1) is 26.2 Å². The number of fused-ring (bicyclic) bond motifs is 1. The summed E-state index contributed by atoms with van der Waals surface area (Å²) in [6, 6.07) is 11.5. The molecule has 0 saturated heterocycles. The van der Waals surface area contributed by atoms with Crippen LogP contribution in [-0.2, 0) is 6.54 Å². The van der Waals surface area contributed by atoms with Crippen molar-refractivity contribution in [3.8, 4) is 0 Å². The zero-order chi connectivity index (χ0) is 14.1. The van der Waals surface area contributed by atoms with Gasteiger partial charge in [-0.25, -0.2) is 4.98 Å². The monoisotopic (exact) mass is 349 g/mol. The number of aromatic nitrogens is 2. The van der Waals surface area contributed by atoms with Crippen molar-refractivity contribution < 1.29 is 4.79 Å². The van der Waals surface area contributed by atoms with Gasteiger partial charge in [-0.2, -0.15) is 0 Å². The molecule has 0 atom stereocenters. The number of hydrogen-bond donors (Lipinski definition) is 1. The number of rotatable bonds is 3. The van der Waals surface area contributed by atoms with Crippen LogP contribution in [0.15, 0.2) is 40.2 Å². The van der Waals surface area contributed by atoms with Crippen LogP contribution in [0, 0.1) is 0 Å². The lowest BCUT2D eigenvalue weighted by molar-refractivity contribution is 0.0787. The summed E-state index contributed by atoms with van der Waals surface area (Å²) in [4.78, 5) is 22.3. The predicted octanol–water partition coefficient (Wildman–Crippen LogP) is 3.66. The first kappa shape index (κ1) is 13.3. The maximum atomic E-state index is 12.3. The highest BCUT2D eigenvalue weighted by atomic mass is 79.9. The van der Waals surface area contributed by atoms with Crippen LogP contribution < -0.4 is 0 Å². The van der Waals surface area contributed by atoms with Crippen molar-refractivity contribution >= 4 is 44.2 Å². The second-order valence-corrected chi connectivity index (χ2v) is 6.93. The molecular formula is C14H12BrN3OS. The Kier molecular flexibility index (Phi) is 3.58. The van der Waals surface area contributed by atoms with E-state index in [0.29, 0.717) is 6.54 Å². The molecule has 0 bridgehead atoms. The van der Waals surface area contributed by atoms with E-state index in [1.54, 1.807) is 11.9 Å². The normalized spacial score (nSPS) is 10.9. The zero-order valence-electron chi connectivity index (χ0n) is 10.8. The fourth-order valence-electron chi connectivity index (χ4n) is 1.99. The molecule has 1 N–H and O–H groups in total. The molecule has 4 nitrogen and oxygen atoms in total. The lowest BCUT2D eigenvalue weighted by Crippen LogP contribution is -2.25. The molecule has 3 aromatic rings. The number of carbonyl (C=O) groups is 1. The van der Waals surface area contributed by atoms with Crippen LogP contribution in [0.5, 0.6) is 0 Å². The molecular weight excluding hydrogens is 338 g/mol. The molecule has 20 heavy (non-hydrogen) atoms. The maximum absolute atomic E-state index is 12.3. The summed E-state index contributed by atoms with van der Waals surface area (Å²) < 4.78 is 0.956. The topological polar surface area (TPSA) is 49.0 Å². The number of amides is 1. The first-order valence-corrected chi connectivity index (χ1v) is 7.69. The Morgan fingerprint density at radius 2 is 2.15 bits per heavy atom. The number of benzene rings is 1. The highest BCUT2D eigenvalue weighted by Gasteiger charge is 2.15. The lowest BCUT2D eigenvalue weighted by atomic mass is 10.3. The molecule has 102 valence electrons. The van der Waals surface area contributed by atoms with Crippen molar-refractivity contribution in [2.45, 2.75) is 6.54 Å². The molecule has 0 fully saturated rings. The van der Waals surface area contributed by atoms with Gasteiger partial charge in [0, 0.05) is 7.05 Å². The second-order valence-electron chi connectivity index (χ2n) is 4.47. The fraction of sp³-hybridized carbons (Fsp3) is 0.143. The summed E-state index contributed by atoms with van der Waals surface area (Å²) in [5.41, 5.74) is 1.91. The third kappa shape index (κ3) is 2.62. The van der Waals surface area contributed by atoms with Gasteiger partial charge >= 0.3 is 0 Å². The van der Waals surface area contributed by atoms with Crippen LogP contribution in [0.2, 0.25) is 0 Å². The molecule has 0 spiro atoms. The molecule has 0 saturated carbocycles. The van der Waals surface area contributed by atoms with Gasteiger partial charge in [-0.3, -0.25) is 4.79 Å². The lowest BCUT2D eigenvalue weighted by Gasteiger charge is -2.14. The van der Waals surface area contributed by atoms with Crippen LogP contribution in [0.25, 0.3) is 11.0 Å². The van der Waals surface area contributed by atoms with Crippen molar-refractivity contribution in [3.05, 3.63) is 50.9 Å². The zero-order valence-corrected chi connectivity index (χ0v) is 13.2. The highest BCUT2D eigenvalue weighted by molar-refractivity contribution is 9.11. The number of thiophene rings is 1. The van der Waals surface area contributed by atoms with Crippen molar-refractivity contribution in [3.63, 3.8) is 0 Å². The average molecular weight is 350 g/mol. The molecule has 0 radical (unpaired) electrons. The van der Waals surface area contributed by atoms with Crippen LogP contribution in [-0.4, -0.2) is 27.8 Å². The van der Waals surface area contributed by atoms with E-state index in [4.69, 9.17) is 0 Å². The Balaban J connectivity index is 1.78. The Labute approximate surface area is 128 Å². The number of halogens is 1. The molecule has 3 rings (SSSR count). The Bertz CT molecular complexity index is 731. The number of imidazole rings is 1. The van der Waals surface area contributed by atoms with E-state index < -0.39 is 0 Å². The first-order valence-electron chi connectivity index (χ1n) is 6.08. The quantitative estimate of drug-likeness (QED) is 0.784. The van der Waals surface area contributed by atoms with Gasteiger partial charge < -0.3 is 9.88 Å². The van der Waals surface area contributed by atoms with E-state index >= 15 is 0 Å². The van der Waals surface area contributed by atoms with E-state index in [-0.39, 0.29) is 5.91 Å². The Morgan fingerprint density at radius 1 is 1.35 bits per heavy atom. The Morgan fingerprint density at radius 3 is 2.85 bits per heavy atom. The van der Waals surface area contributed by atoms with Crippen molar-refractivity contribution in [1.29, 1.82) is 0 Å². The SMILES string of the molecule is CN(Cc1nc2ccccc2[nH]1)C(=O)c1ccc(Br)s1. The standard InChI is InChI=1S/C14H12BrN3OS/c1-18(14(19)11-6-7-12(15)20-11)8-13-16-9-4-2-3-5-10(9)17-13/h2-7H,8H2,1H3,(H,16,17). The number of hydrogen-bond acceptors (Lipinski definition) is 3. The number of nitrogens with zero attached hydrogens (tertiary/aromatic N) is 2. The molecule has 2 heterocycles. The van der Waals surface area contributed by atoms with Gasteiger partial charge in [0.1, 0.15) is 5.82 Å². The minimum absolute atomic E-state index is 0.00107. The van der Waals surface area contributed by atoms with Gasteiger partial charge in [0.2, 0.25) is 0 Å². The molecule has 0 aliphatic carbocycles. The number of aromatic amines is 1. The third-order valence-corrected chi connectivity index (χ3v) is 4.57. The minimum Gasteiger partial charge on any atom is -0.340 e. The number of carbonyl (C=O) groups excluding carboxylic acids is 1. The summed E-state index contributed by atoms with van der Waals surface area (Å²) >= 11 is 4.80. The van der Waals surface area contributed by atoms with E-state index in [9.17, 15) is 4.79 Å². The minimum atomic E-state index is 0.00107. The van der Waals surface area contributed by atoms with Gasteiger partial charge in [-0.05, 0) is 40.2 Å². The van der Waals surface area contributed by atoms with Crippen molar-refractivity contribution in [1.82, 2.24) is 14.9 Å². The largest absolute Gasteiger partial charge is 0.340 e. The first-order chi connectivity index (χ1) is 9.63. The second kappa shape index (κ2) is 5.38.